The highest BCUT2D eigenvalue weighted by Crippen LogP contribution is 2.40. The number of amides is 1. The Labute approximate surface area is 192 Å². The van der Waals surface area contributed by atoms with Crippen LogP contribution in [0.15, 0.2) is 78.6 Å². The van der Waals surface area contributed by atoms with Crippen LogP contribution >= 0.6 is 0 Å². The molecule has 0 aliphatic carbocycles. The number of aliphatic hydroxyl groups is 1. The van der Waals surface area contributed by atoms with Crippen molar-refractivity contribution in [2.45, 2.75) is 31.9 Å². The van der Waals surface area contributed by atoms with Crippen LogP contribution in [0.3, 0.4) is 0 Å². The van der Waals surface area contributed by atoms with Crippen molar-refractivity contribution in [1.29, 1.82) is 0 Å². The summed E-state index contributed by atoms with van der Waals surface area (Å²) < 4.78 is 5.75. The van der Waals surface area contributed by atoms with Gasteiger partial charge in [0.1, 0.15) is 17.6 Å². The molecule has 33 heavy (non-hydrogen) atoms. The second-order valence-electron chi connectivity index (χ2n) is 8.47. The summed E-state index contributed by atoms with van der Waals surface area (Å²) in [7, 11) is 0. The SMILES string of the molecule is C[C@H]1Cc2cc(/C(O)=C3\C(=O)C(=O)N(CCc4ccccc4)[C@H]3c3cccnc3)ccc2O1. The van der Waals surface area contributed by atoms with Gasteiger partial charge in [-0.3, -0.25) is 14.6 Å². The molecule has 3 heterocycles. The zero-order chi connectivity index (χ0) is 22.9. The largest absolute Gasteiger partial charge is 0.507 e. The Hall–Kier alpha value is -3.93. The number of aromatic nitrogens is 1. The van der Waals surface area contributed by atoms with E-state index in [0.29, 0.717) is 24.1 Å². The molecule has 3 aromatic rings. The summed E-state index contributed by atoms with van der Waals surface area (Å²) in [4.78, 5) is 32.0. The molecule has 2 aliphatic rings. The Morgan fingerprint density at radius 3 is 2.70 bits per heavy atom. The average molecular weight is 440 g/mol. The number of benzene rings is 2. The van der Waals surface area contributed by atoms with Crippen LogP contribution in [0.5, 0.6) is 5.75 Å². The molecule has 1 saturated heterocycles. The van der Waals surface area contributed by atoms with E-state index in [9.17, 15) is 14.7 Å². The van der Waals surface area contributed by atoms with Crippen LogP contribution < -0.4 is 4.74 Å². The van der Waals surface area contributed by atoms with Gasteiger partial charge in [0, 0.05) is 30.9 Å². The molecule has 6 nitrogen and oxygen atoms in total. The number of fused-ring (bicyclic) bond motifs is 1. The maximum atomic E-state index is 13.2. The van der Waals surface area contributed by atoms with Crippen LogP contribution in [0, 0.1) is 0 Å². The van der Waals surface area contributed by atoms with Gasteiger partial charge in [0.2, 0.25) is 0 Å². The second kappa shape index (κ2) is 8.54. The van der Waals surface area contributed by atoms with Crippen molar-refractivity contribution in [3.63, 3.8) is 0 Å². The van der Waals surface area contributed by atoms with Crippen LogP contribution in [0.4, 0.5) is 0 Å². The lowest BCUT2D eigenvalue weighted by Gasteiger charge is -2.25. The molecular weight excluding hydrogens is 416 g/mol. The molecule has 0 radical (unpaired) electrons. The van der Waals surface area contributed by atoms with E-state index in [2.05, 4.69) is 4.98 Å². The number of ketones is 1. The number of nitrogens with zero attached hydrogens (tertiary/aromatic N) is 2. The fraction of sp³-hybridized carbons (Fsp3) is 0.222. The number of ether oxygens (including phenoxy) is 1. The zero-order valence-corrected chi connectivity index (χ0v) is 18.3. The van der Waals surface area contributed by atoms with E-state index in [-0.39, 0.29) is 17.4 Å². The number of carbonyl (C=O) groups is 2. The highest BCUT2D eigenvalue weighted by Gasteiger charge is 2.46. The number of carbonyl (C=O) groups excluding carboxylic acids is 2. The summed E-state index contributed by atoms with van der Waals surface area (Å²) in [5.41, 5.74) is 3.32. The lowest BCUT2D eigenvalue weighted by Crippen LogP contribution is -2.31. The van der Waals surface area contributed by atoms with Gasteiger partial charge in [-0.2, -0.15) is 0 Å². The van der Waals surface area contributed by atoms with Gasteiger partial charge in [-0.1, -0.05) is 36.4 Å². The summed E-state index contributed by atoms with van der Waals surface area (Å²) in [5, 5.41) is 11.3. The van der Waals surface area contributed by atoms with Crippen molar-refractivity contribution < 1.29 is 19.4 Å². The first-order valence-electron chi connectivity index (χ1n) is 11.0. The highest BCUT2D eigenvalue weighted by atomic mass is 16.5. The van der Waals surface area contributed by atoms with Crippen molar-refractivity contribution in [3.05, 3.63) is 101 Å². The van der Waals surface area contributed by atoms with E-state index >= 15 is 0 Å². The minimum absolute atomic E-state index is 0.0661. The molecule has 2 aliphatic heterocycles. The van der Waals surface area contributed by atoms with Gasteiger partial charge in [0.25, 0.3) is 11.7 Å². The van der Waals surface area contributed by atoms with Gasteiger partial charge in [-0.05, 0) is 54.3 Å². The minimum atomic E-state index is -0.703. The number of aliphatic hydroxyl groups excluding tert-OH is 1. The van der Waals surface area contributed by atoms with E-state index in [1.807, 2.05) is 49.4 Å². The molecule has 1 fully saturated rings. The number of hydrogen-bond acceptors (Lipinski definition) is 5. The summed E-state index contributed by atoms with van der Waals surface area (Å²) in [6.45, 7) is 2.33. The first-order chi connectivity index (χ1) is 16.0. The van der Waals surface area contributed by atoms with E-state index in [0.717, 1.165) is 23.3 Å². The molecular formula is C27H24N2O4. The molecule has 1 N–H and O–H groups in total. The quantitative estimate of drug-likeness (QED) is 0.368. The number of Topliss-reactive ketones (excluding diaryl/α,β-unsaturated/α-hetero) is 1. The Balaban J connectivity index is 1.56. The molecule has 2 atom stereocenters. The average Bonchev–Trinajstić information content (AvgIpc) is 3.34. The zero-order valence-electron chi connectivity index (χ0n) is 18.3. The molecule has 1 aromatic heterocycles. The molecule has 0 saturated carbocycles. The Bertz CT molecular complexity index is 1240. The van der Waals surface area contributed by atoms with E-state index in [4.69, 9.17) is 4.74 Å². The fourth-order valence-electron chi connectivity index (χ4n) is 4.61. The molecule has 166 valence electrons. The van der Waals surface area contributed by atoms with Crippen molar-refractivity contribution >= 4 is 17.4 Å². The molecule has 6 heteroatoms. The summed E-state index contributed by atoms with van der Waals surface area (Å²) in [6.07, 6.45) is 4.67. The number of rotatable bonds is 5. The third kappa shape index (κ3) is 3.89. The Morgan fingerprint density at radius 2 is 1.94 bits per heavy atom. The smallest absolute Gasteiger partial charge is 0.295 e. The maximum Gasteiger partial charge on any atom is 0.295 e. The van der Waals surface area contributed by atoms with Crippen molar-refractivity contribution in [2.75, 3.05) is 6.54 Å². The molecule has 1 amide bonds. The van der Waals surface area contributed by atoms with Gasteiger partial charge in [0.05, 0.1) is 11.6 Å². The number of hydrogen-bond donors (Lipinski definition) is 1. The molecule has 0 spiro atoms. The van der Waals surface area contributed by atoms with E-state index in [1.54, 1.807) is 30.6 Å². The Morgan fingerprint density at radius 1 is 1.12 bits per heavy atom. The van der Waals surface area contributed by atoms with Gasteiger partial charge < -0.3 is 14.7 Å². The number of likely N-dealkylation sites (tertiary alicyclic amines) is 1. The van der Waals surface area contributed by atoms with Crippen LogP contribution in [-0.4, -0.2) is 39.3 Å². The second-order valence-corrected chi connectivity index (χ2v) is 8.47. The first kappa shape index (κ1) is 20.9. The lowest BCUT2D eigenvalue weighted by atomic mass is 9.95. The van der Waals surface area contributed by atoms with Crippen LogP contribution in [0.1, 0.15) is 35.2 Å². The van der Waals surface area contributed by atoms with Crippen LogP contribution in [0.25, 0.3) is 5.76 Å². The summed E-state index contributed by atoms with van der Waals surface area (Å²) >= 11 is 0. The molecule has 0 unspecified atom stereocenters. The maximum absolute atomic E-state index is 13.2. The standard InChI is InChI=1S/C27H24N2O4/c1-17-14-21-15-19(9-10-22(21)33-17)25(30)23-24(20-8-5-12-28-16-20)29(27(32)26(23)31)13-11-18-6-3-2-4-7-18/h2-10,12,15-17,24,30H,11,13-14H2,1H3/b25-23+/t17-,24-/m0/s1. The third-order valence-corrected chi connectivity index (χ3v) is 6.19. The highest BCUT2D eigenvalue weighted by molar-refractivity contribution is 6.46. The van der Waals surface area contributed by atoms with Gasteiger partial charge in [-0.25, -0.2) is 0 Å². The third-order valence-electron chi connectivity index (χ3n) is 6.19. The molecule has 2 aromatic carbocycles. The van der Waals surface area contributed by atoms with E-state index < -0.39 is 17.7 Å². The minimum Gasteiger partial charge on any atom is -0.507 e. The predicted molar refractivity (Wildman–Crippen MR) is 124 cm³/mol. The van der Waals surface area contributed by atoms with Crippen LogP contribution in [0.2, 0.25) is 0 Å². The lowest BCUT2D eigenvalue weighted by molar-refractivity contribution is -0.139. The predicted octanol–water partition coefficient (Wildman–Crippen LogP) is 4.07. The van der Waals surface area contributed by atoms with Gasteiger partial charge in [0.15, 0.2) is 0 Å². The van der Waals surface area contributed by atoms with E-state index in [1.165, 1.54) is 4.90 Å². The molecule has 5 rings (SSSR count). The first-order valence-corrected chi connectivity index (χ1v) is 11.0. The summed E-state index contributed by atoms with van der Waals surface area (Å²) in [6, 6.07) is 18.1. The van der Waals surface area contributed by atoms with Gasteiger partial charge in [-0.15, -0.1) is 0 Å². The molecule has 0 bridgehead atoms. The Kier molecular flexibility index (Phi) is 5.42. The van der Waals surface area contributed by atoms with Gasteiger partial charge >= 0.3 is 0 Å². The topological polar surface area (TPSA) is 79.7 Å². The van der Waals surface area contributed by atoms with Crippen LogP contribution in [-0.2, 0) is 22.4 Å². The number of pyridine rings is 1. The fourth-order valence-corrected chi connectivity index (χ4v) is 4.61. The van der Waals surface area contributed by atoms with Crippen molar-refractivity contribution in [2.24, 2.45) is 0 Å². The van der Waals surface area contributed by atoms with Crippen molar-refractivity contribution in [3.8, 4) is 5.75 Å². The van der Waals surface area contributed by atoms with Crippen molar-refractivity contribution in [1.82, 2.24) is 9.88 Å². The summed E-state index contributed by atoms with van der Waals surface area (Å²) in [5.74, 6) is -0.683. The monoisotopic (exact) mass is 440 g/mol. The normalized spacial score (nSPS) is 21.2.